The first-order valence-corrected chi connectivity index (χ1v) is 10.6. The van der Waals surface area contributed by atoms with Crippen LogP contribution in [0.4, 0.5) is 0 Å². The summed E-state index contributed by atoms with van der Waals surface area (Å²) in [6.45, 7) is 0.832. The van der Waals surface area contributed by atoms with Crippen LogP contribution in [-0.4, -0.2) is 42.5 Å². The number of carbonyl (C=O) groups excluding carboxylic acids is 1. The van der Waals surface area contributed by atoms with Crippen LogP contribution in [0.1, 0.15) is 11.1 Å². The van der Waals surface area contributed by atoms with E-state index >= 15 is 0 Å². The second-order valence-electron chi connectivity index (χ2n) is 7.05. The molecule has 0 radical (unpaired) electrons. The van der Waals surface area contributed by atoms with Gasteiger partial charge >= 0.3 is 0 Å². The summed E-state index contributed by atoms with van der Waals surface area (Å²) in [6, 6.07) is 16.4. The maximum Gasteiger partial charge on any atom is 0.267 e. The molecule has 0 spiro atoms. The van der Waals surface area contributed by atoms with Gasteiger partial charge in [-0.2, -0.15) is 0 Å². The van der Waals surface area contributed by atoms with Gasteiger partial charge in [0.05, 0.1) is 4.90 Å². The zero-order chi connectivity index (χ0) is 21.7. The summed E-state index contributed by atoms with van der Waals surface area (Å²) in [6.07, 6.45) is 5.32. The van der Waals surface area contributed by atoms with Crippen LogP contribution >= 0.6 is 0 Å². The Bertz CT molecular complexity index is 1160. The number of carbonyl (C=O) groups is 1. The Kier molecular flexibility index (Phi) is 6.51. The van der Waals surface area contributed by atoms with E-state index in [0.29, 0.717) is 5.56 Å². The van der Waals surface area contributed by atoms with Crippen LogP contribution in [0, 0.1) is 0 Å². The van der Waals surface area contributed by atoms with Crippen molar-refractivity contribution in [1.29, 1.82) is 0 Å². The fraction of sp³-hybridized carbons (Fsp3) is 0.136. The number of hydroxylamine groups is 1. The van der Waals surface area contributed by atoms with Gasteiger partial charge in [0, 0.05) is 25.0 Å². The molecule has 7 nitrogen and oxygen atoms in total. The number of hydrogen-bond acceptors (Lipinski definition) is 5. The Morgan fingerprint density at radius 1 is 1.10 bits per heavy atom. The number of amides is 1. The Balaban J connectivity index is 1.87. The number of benzene rings is 2. The summed E-state index contributed by atoms with van der Waals surface area (Å²) in [5, 5.41) is 8.52. The summed E-state index contributed by atoms with van der Waals surface area (Å²) >= 11 is 0. The molecule has 0 unspecified atom stereocenters. The molecule has 1 aromatic heterocycles. The highest BCUT2D eigenvalue weighted by atomic mass is 32.2. The molecule has 2 aromatic carbocycles. The molecule has 30 heavy (non-hydrogen) atoms. The smallest absolute Gasteiger partial charge is 0.267 e. The maximum absolute atomic E-state index is 13.0. The number of nitrogens with one attached hydrogen (secondary N) is 1. The predicted octanol–water partition coefficient (Wildman–Crippen LogP) is 2.97. The van der Waals surface area contributed by atoms with Gasteiger partial charge in [-0.15, -0.1) is 0 Å². The molecule has 0 atom stereocenters. The molecular formula is C22H23N3O4S. The third-order valence-corrected chi connectivity index (χ3v) is 6.05. The predicted molar refractivity (Wildman–Crippen MR) is 115 cm³/mol. The minimum absolute atomic E-state index is 0.164. The van der Waals surface area contributed by atoms with E-state index in [1.54, 1.807) is 24.3 Å². The minimum Gasteiger partial charge on any atom is -0.305 e. The molecule has 0 fully saturated rings. The second-order valence-corrected chi connectivity index (χ2v) is 8.89. The van der Waals surface area contributed by atoms with Gasteiger partial charge in [0.15, 0.2) is 0 Å². The molecule has 1 heterocycles. The highest BCUT2D eigenvalue weighted by molar-refractivity contribution is 7.90. The lowest BCUT2D eigenvalue weighted by atomic mass is 10.0. The zero-order valence-corrected chi connectivity index (χ0v) is 17.5. The van der Waals surface area contributed by atoms with Crippen molar-refractivity contribution >= 4 is 22.0 Å². The first-order valence-electron chi connectivity index (χ1n) is 9.19. The highest BCUT2D eigenvalue weighted by Gasteiger charge is 2.17. The second kappa shape index (κ2) is 9.08. The number of nitrogens with zero attached hydrogens (tertiary/aromatic N) is 2. The van der Waals surface area contributed by atoms with Gasteiger partial charge in [-0.05, 0) is 60.6 Å². The molecule has 0 aliphatic heterocycles. The summed E-state index contributed by atoms with van der Waals surface area (Å²) < 4.78 is 27.1. The van der Waals surface area contributed by atoms with Gasteiger partial charge in [0.25, 0.3) is 15.9 Å². The summed E-state index contributed by atoms with van der Waals surface area (Å²) in [5.41, 5.74) is 4.90. The lowest BCUT2D eigenvalue weighted by Crippen LogP contribution is -2.14. The van der Waals surface area contributed by atoms with E-state index in [1.807, 2.05) is 44.4 Å². The minimum atomic E-state index is -3.79. The van der Waals surface area contributed by atoms with Gasteiger partial charge in [-0.3, -0.25) is 10.0 Å². The molecule has 3 rings (SSSR count). The lowest BCUT2D eigenvalue weighted by molar-refractivity contribution is -0.124. The number of rotatable bonds is 7. The lowest BCUT2D eigenvalue weighted by Gasteiger charge is -2.11. The van der Waals surface area contributed by atoms with Gasteiger partial charge < -0.3 is 4.90 Å². The Labute approximate surface area is 175 Å². The van der Waals surface area contributed by atoms with Crippen LogP contribution in [0.3, 0.4) is 0 Å². The quantitative estimate of drug-likeness (QED) is 0.345. The number of hydrogen-bond donors (Lipinski definition) is 2. The van der Waals surface area contributed by atoms with Crippen molar-refractivity contribution in [2.45, 2.75) is 11.4 Å². The van der Waals surface area contributed by atoms with E-state index in [9.17, 15) is 13.2 Å². The molecule has 3 aromatic rings. The van der Waals surface area contributed by atoms with Crippen molar-refractivity contribution in [1.82, 2.24) is 14.4 Å². The monoisotopic (exact) mass is 425 g/mol. The standard InChI is InChI=1S/C22H23N3O4S/c1-24(2)15-17-6-9-19(10-7-17)20-4-3-5-21(14-20)30(28,29)25-13-12-18(16-25)8-11-22(26)23-27/h3-14,16,27H,15H2,1-2H3,(H,23,26)/b11-8+. The van der Waals surface area contributed by atoms with Gasteiger partial charge in [0.1, 0.15) is 0 Å². The molecule has 0 saturated carbocycles. The van der Waals surface area contributed by atoms with Crippen LogP contribution in [-0.2, 0) is 21.4 Å². The number of aromatic nitrogens is 1. The Hall–Kier alpha value is -3.20. The topological polar surface area (TPSA) is 91.6 Å². The first-order chi connectivity index (χ1) is 14.3. The van der Waals surface area contributed by atoms with Crippen LogP contribution in [0.5, 0.6) is 0 Å². The zero-order valence-electron chi connectivity index (χ0n) is 16.7. The normalized spacial score (nSPS) is 11.9. The molecule has 2 N–H and O–H groups in total. The van der Waals surface area contributed by atoms with Crippen LogP contribution in [0.25, 0.3) is 17.2 Å². The molecule has 156 valence electrons. The molecule has 0 saturated heterocycles. The third kappa shape index (κ3) is 5.04. The fourth-order valence-electron chi connectivity index (χ4n) is 2.98. The van der Waals surface area contributed by atoms with Crippen molar-refractivity contribution in [3.8, 4) is 11.1 Å². The molecule has 8 heteroatoms. The Morgan fingerprint density at radius 3 is 2.50 bits per heavy atom. The maximum atomic E-state index is 13.0. The SMILES string of the molecule is CN(C)Cc1ccc(-c2cccc(S(=O)(=O)n3ccc(/C=C/C(=O)NO)c3)c2)cc1. The van der Waals surface area contributed by atoms with Gasteiger partial charge in [-0.1, -0.05) is 36.4 Å². The van der Waals surface area contributed by atoms with E-state index in [0.717, 1.165) is 27.7 Å². The highest BCUT2D eigenvalue weighted by Crippen LogP contribution is 2.25. The van der Waals surface area contributed by atoms with Crippen molar-refractivity contribution in [2.75, 3.05) is 14.1 Å². The Morgan fingerprint density at radius 2 is 1.83 bits per heavy atom. The van der Waals surface area contributed by atoms with Crippen LogP contribution in [0.15, 0.2) is 78.0 Å². The molecule has 0 aliphatic carbocycles. The average molecular weight is 426 g/mol. The third-order valence-electron chi connectivity index (χ3n) is 4.42. The first kappa shape index (κ1) is 21.5. The largest absolute Gasteiger partial charge is 0.305 e. The molecule has 0 bridgehead atoms. The van der Waals surface area contributed by atoms with Gasteiger partial charge in [-0.25, -0.2) is 17.9 Å². The molecular weight excluding hydrogens is 402 g/mol. The van der Waals surface area contributed by atoms with E-state index in [1.165, 1.54) is 29.5 Å². The summed E-state index contributed by atoms with van der Waals surface area (Å²) in [5.74, 6) is -0.699. The fourth-order valence-corrected chi connectivity index (χ4v) is 4.23. The summed E-state index contributed by atoms with van der Waals surface area (Å²) in [4.78, 5) is 13.3. The van der Waals surface area contributed by atoms with E-state index in [4.69, 9.17) is 5.21 Å². The van der Waals surface area contributed by atoms with Crippen molar-refractivity contribution < 1.29 is 18.4 Å². The molecule has 1 amide bonds. The van der Waals surface area contributed by atoms with Crippen molar-refractivity contribution in [3.63, 3.8) is 0 Å². The molecule has 0 aliphatic rings. The van der Waals surface area contributed by atoms with E-state index in [2.05, 4.69) is 4.90 Å². The van der Waals surface area contributed by atoms with E-state index in [-0.39, 0.29) is 4.90 Å². The average Bonchev–Trinajstić information content (AvgIpc) is 3.22. The van der Waals surface area contributed by atoms with Crippen LogP contribution < -0.4 is 5.48 Å². The van der Waals surface area contributed by atoms with Crippen molar-refractivity contribution in [2.24, 2.45) is 0 Å². The van der Waals surface area contributed by atoms with Crippen molar-refractivity contribution in [3.05, 3.63) is 84.2 Å². The van der Waals surface area contributed by atoms with Crippen LogP contribution in [0.2, 0.25) is 0 Å². The summed E-state index contributed by atoms with van der Waals surface area (Å²) in [7, 11) is 0.221. The van der Waals surface area contributed by atoms with Gasteiger partial charge in [0.2, 0.25) is 0 Å². The van der Waals surface area contributed by atoms with E-state index < -0.39 is 15.9 Å².